The first kappa shape index (κ1) is 9.63. The molecule has 0 fully saturated rings. The second-order valence-electron chi connectivity index (χ2n) is 2.58. The zero-order valence-electron chi connectivity index (χ0n) is 6.92. The van der Waals surface area contributed by atoms with Gasteiger partial charge in [-0.05, 0) is 13.3 Å². The van der Waals surface area contributed by atoms with Gasteiger partial charge in [-0.3, -0.25) is 4.79 Å². The minimum Gasteiger partial charge on any atom is -0.393 e. The smallest absolute Gasteiger partial charge is 0.138 e. The molecule has 0 aromatic carbocycles. The number of Topliss-reactive ketones (excluding diaryl/α,β-unsaturated/α-hetero) is 1. The molecular weight excluding hydrogens is 128 g/mol. The van der Waals surface area contributed by atoms with Crippen LogP contribution >= 0.6 is 0 Å². The van der Waals surface area contributed by atoms with E-state index in [1.807, 2.05) is 13.8 Å². The van der Waals surface area contributed by atoms with Crippen LogP contribution in [-0.4, -0.2) is 17.0 Å². The Kier molecular flexibility index (Phi) is 4.28. The predicted octanol–water partition coefficient (Wildman–Crippen LogP) is 1.37. The van der Waals surface area contributed by atoms with Crippen LogP contribution in [0, 0.1) is 5.92 Å². The lowest BCUT2D eigenvalue weighted by Crippen LogP contribution is -2.24. The highest BCUT2D eigenvalue weighted by atomic mass is 16.3. The minimum absolute atomic E-state index is 0.148. The topological polar surface area (TPSA) is 37.3 Å². The maximum Gasteiger partial charge on any atom is 0.138 e. The third kappa shape index (κ3) is 2.48. The van der Waals surface area contributed by atoms with Crippen molar-refractivity contribution >= 4 is 5.78 Å². The van der Waals surface area contributed by atoms with E-state index in [0.29, 0.717) is 6.42 Å². The molecule has 0 saturated heterocycles. The van der Waals surface area contributed by atoms with Crippen molar-refractivity contribution in [2.24, 2.45) is 5.92 Å². The Morgan fingerprint density at radius 2 is 2.00 bits per heavy atom. The third-order valence-electron chi connectivity index (χ3n) is 1.78. The van der Waals surface area contributed by atoms with Crippen LogP contribution in [0.4, 0.5) is 0 Å². The molecule has 60 valence electrons. The van der Waals surface area contributed by atoms with Crippen LogP contribution in [0.3, 0.4) is 0 Å². The Labute approximate surface area is 62.2 Å². The van der Waals surface area contributed by atoms with Crippen LogP contribution in [0.25, 0.3) is 0 Å². The predicted molar refractivity (Wildman–Crippen MR) is 40.8 cm³/mol. The molecule has 0 bridgehead atoms. The zero-order valence-corrected chi connectivity index (χ0v) is 6.92. The summed E-state index contributed by atoms with van der Waals surface area (Å²) in [6.07, 6.45) is 0.783. The van der Waals surface area contributed by atoms with Crippen molar-refractivity contribution in [3.05, 3.63) is 0 Å². The van der Waals surface area contributed by atoms with E-state index in [1.54, 1.807) is 6.92 Å². The van der Waals surface area contributed by atoms with Gasteiger partial charge in [0.25, 0.3) is 0 Å². The van der Waals surface area contributed by atoms with Gasteiger partial charge in [0.15, 0.2) is 0 Å². The molecule has 0 amide bonds. The number of aliphatic hydroxyl groups is 1. The number of aliphatic hydroxyl groups excluding tert-OH is 1. The molecule has 2 atom stereocenters. The summed E-state index contributed by atoms with van der Waals surface area (Å²) in [5.41, 5.74) is 0. The summed E-state index contributed by atoms with van der Waals surface area (Å²) >= 11 is 0. The summed E-state index contributed by atoms with van der Waals surface area (Å²) in [6.45, 7) is 5.42. The first-order valence-electron chi connectivity index (χ1n) is 3.84. The van der Waals surface area contributed by atoms with E-state index < -0.39 is 6.10 Å². The van der Waals surface area contributed by atoms with Crippen LogP contribution in [-0.2, 0) is 4.79 Å². The van der Waals surface area contributed by atoms with Gasteiger partial charge < -0.3 is 5.11 Å². The number of carbonyl (C=O) groups excluding carboxylic acids is 1. The highest BCUT2D eigenvalue weighted by Gasteiger charge is 2.18. The van der Waals surface area contributed by atoms with Crippen molar-refractivity contribution in [2.75, 3.05) is 0 Å². The molecule has 0 aliphatic heterocycles. The normalized spacial score (nSPS) is 16.4. The molecule has 0 heterocycles. The van der Waals surface area contributed by atoms with Crippen molar-refractivity contribution < 1.29 is 9.90 Å². The van der Waals surface area contributed by atoms with Gasteiger partial charge in [-0.15, -0.1) is 0 Å². The largest absolute Gasteiger partial charge is 0.393 e. The third-order valence-corrected chi connectivity index (χ3v) is 1.78. The second-order valence-corrected chi connectivity index (χ2v) is 2.58. The van der Waals surface area contributed by atoms with Crippen LogP contribution < -0.4 is 0 Å². The summed E-state index contributed by atoms with van der Waals surface area (Å²) in [4.78, 5) is 11.0. The lowest BCUT2D eigenvalue weighted by atomic mass is 9.94. The molecule has 0 aromatic rings. The summed E-state index contributed by atoms with van der Waals surface area (Å²) in [5, 5.41) is 9.09. The Morgan fingerprint density at radius 3 is 2.10 bits per heavy atom. The fourth-order valence-corrected chi connectivity index (χ4v) is 1.10. The number of carbonyl (C=O) groups is 1. The molecule has 2 unspecified atom stereocenters. The van der Waals surface area contributed by atoms with E-state index in [1.165, 1.54) is 0 Å². The van der Waals surface area contributed by atoms with Crippen LogP contribution in [0.5, 0.6) is 0 Å². The van der Waals surface area contributed by atoms with Gasteiger partial charge in [-0.2, -0.15) is 0 Å². The van der Waals surface area contributed by atoms with Gasteiger partial charge in [0, 0.05) is 12.3 Å². The summed E-state index contributed by atoms with van der Waals surface area (Å²) < 4.78 is 0. The molecule has 2 heteroatoms. The average Bonchev–Trinajstić information content (AvgIpc) is 1.88. The standard InChI is InChI=1S/C8H16O2/c1-4-7(6(3)9)8(10)5-2/h6-7,9H,4-5H2,1-3H3. The molecular formula is C8H16O2. The molecule has 0 aliphatic carbocycles. The summed E-state index contributed by atoms with van der Waals surface area (Å²) in [5.74, 6) is 0.0162. The number of ketones is 1. The van der Waals surface area contributed by atoms with Crippen molar-refractivity contribution in [1.29, 1.82) is 0 Å². The average molecular weight is 144 g/mol. The van der Waals surface area contributed by atoms with Gasteiger partial charge in [0.1, 0.15) is 5.78 Å². The minimum atomic E-state index is -0.488. The van der Waals surface area contributed by atoms with Crippen LogP contribution in [0.15, 0.2) is 0 Å². The lowest BCUT2D eigenvalue weighted by molar-refractivity contribution is -0.125. The van der Waals surface area contributed by atoms with E-state index in [2.05, 4.69) is 0 Å². The maximum atomic E-state index is 11.0. The SMILES string of the molecule is CCC(=O)C(CC)C(C)O. The number of hydrogen-bond acceptors (Lipinski definition) is 2. The Balaban J connectivity index is 3.93. The van der Waals surface area contributed by atoms with Crippen molar-refractivity contribution in [3.8, 4) is 0 Å². The Morgan fingerprint density at radius 1 is 1.50 bits per heavy atom. The first-order valence-corrected chi connectivity index (χ1v) is 3.84. The highest BCUT2D eigenvalue weighted by Crippen LogP contribution is 2.11. The molecule has 0 rings (SSSR count). The van der Waals surface area contributed by atoms with E-state index >= 15 is 0 Å². The molecule has 0 saturated carbocycles. The van der Waals surface area contributed by atoms with Gasteiger partial charge in [-0.25, -0.2) is 0 Å². The molecule has 2 nitrogen and oxygen atoms in total. The first-order chi connectivity index (χ1) is 4.63. The lowest BCUT2D eigenvalue weighted by Gasteiger charge is -2.14. The molecule has 0 aliphatic rings. The fraction of sp³-hybridized carbons (Fsp3) is 0.875. The van der Waals surface area contributed by atoms with E-state index in [9.17, 15) is 4.79 Å². The number of hydrogen-bond donors (Lipinski definition) is 1. The van der Waals surface area contributed by atoms with E-state index in [-0.39, 0.29) is 11.7 Å². The quantitative estimate of drug-likeness (QED) is 0.647. The Hall–Kier alpha value is -0.370. The van der Waals surface area contributed by atoms with Crippen LogP contribution in [0.1, 0.15) is 33.6 Å². The van der Waals surface area contributed by atoms with Gasteiger partial charge in [-0.1, -0.05) is 13.8 Å². The summed E-state index contributed by atoms with van der Waals surface area (Å²) in [7, 11) is 0. The van der Waals surface area contributed by atoms with Gasteiger partial charge in [0.05, 0.1) is 6.10 Å². The molecule has 10 heavy (non-hydrogen) atoms. The van der Waals surface area contributed by atoms with Gasteiger partial charge >= 0.3 is 0 Å². The molecule has 0 radical (unpaired) electrons. The second kappa shape index (κ2) is 4.45. The monoisotopic (exact) mass is 144 g/mol. The van der Waals surface area contributed by atoms with Gasteiger partial charge in [0.2, 0.25) is 0 Å². The van der Waals surface area contributed by atoms with E-state index in [0.717, 1.165) is 6.42 Å². The Bertz CT molecular complexity index is 108. The molecule has 0 spiro atoms. The van der Waals surface area contributed by atoms with E-state index in [4.69, 9.17) is 5.11 Å². The van der Waals surface area contributed by atoms with Crippen molar-refractivity contribution in [2.45, 2.75) is 39.7 Å². The fourth-order valence-electron chi connectivity index (χ4n) is 1.10. The van der Waals surface area contributed by atoms with Crippen molar-refractivity contribution in [1.82, 2.24) is 0 Å². The highest BCUT2D eigenvalue weighted by molar-refractivity contribution is 5.81. The van der Waals surface area contributed by atoms with Crippen molar-refractivity contribution in [3.63, 3.8) is 0 Å². The molecule has 0 aromatic heterocycles. The number of rotatable bonds is 4. The molecule has 1 N–H and O–H groups in total. The van der Waals surface area contributed by atoms with Crippen LogP contribution in [0.2, 0.25) is 0 Å². The summed E-state index contributed by atoms with van der Waals surface area (Å²) in [6, 6.07) is 0. The zero-order chi connectivity index (χ0) is 8.15. The maximum absolute atomic E-state index is 11.0.